The minimum Gasteiger partial charge on any atom is -0.354 e. The molecular formula is C21H26N6O2S. The molecule has 2 bridgehead atoms. The summed E-state index contributed by atoms with van der Waals surface area (Å²) in [6.45, 7) is 2.14. The zero-order valence-corrected chi connectivity index (χ0v) is 17.6. The Bertz CT molecular complexity index is 892. The Kier molecular flexibility index (Phi) is 5.37. The average Bonchev–Trinajstić information content (AvgIpc) is 3.30. The van der Waals surface area contributed by atoms with Crippen molar-refractivity contribution in [3.8, 4) is 0 Å². The van der Waals surface area contributed by atoms with Crippen molar-refractivity contribution < 1.29 is 9.59 Å². The van der Waals surface area contributed by atoms with Crippen LogP contribution >= 0.6 is 11.3 Å². The Morgan fingerprint density at radius 3 is 2.97 bits per heavy atom. The molecule has 9 heteroatoms. The van der Waals surface area contributed by atoms with E-state index in [4.69, 9.17) is 0 Å². The molecule has 1 N–H and O–H groups in total. The van der Waals surface area contributed by atoms with Crippen molar-refractivity contribution in [2.75, 3.05) is 24.5 Å². The van der Waals surface area contributed by atoms with Gasteiger partial charge in [0, 0.05) is 56.3 Å². The highest BCUT2D eigenvalue weighted by Gasteiger charge is 2.52. The molecule has 5 rings (SSSR count). The lowest BCUT2D eigenvalue weighted by Crippen LogP contribution is -2.68. The van der Waals surface area contributed by atoms with E-state index in [0.717, 1.165) is 43.2 Å². The number of amides is 2. The van der Waals surface area contributed by atoms with E-state index < -0.39 is 6.04 Å². The molecule has 3 aliphatic heterocycles. The van der Waals surface area contributed by atoms with Crippen LogP contribution in [0.5, 0.6) is 0 Å². The number of hydrogen-bond acceptors (Lipinski definition) is 7. The molecule has 3 aliphatic rings. The summed E-state index contributed by atoms with van der Waals surface area (Å²) in [4.78, 5) is 34.7. The molecule has 0 radical (unpaired) electrons. The summed E-state index contributed by atoms with van der Waals surface area (Å²) in [5, 5.41) is 12.2. The first-order chi connectivity index (χ1) is 14.7. The van der Waals surface area contributed by atoms with Gasteiger partial charge in [0.25, 0.3) is 0 Å². The van der Waals surface area contributed by atoms with Crippen molar-refractivity contribution in [3.63, 3.8) is 0 Å². The van der Waals surface area contributed by atoms with Crippen LogP contribution in [0, 0.1) is 11.8 Å². The van der Waals surface area contributed by atoms with Gasteiger partial charge in [0.15, 0.2) is 0 Å². The van der Waals surface area contributed by atoms with Crippen molar-refractivity contribution in [2.45, 2.75) is 44.2 Å². The summed E-state index contributed by atoms with van der Waals surface area (Å²) in [5.41, 5.74) is 2.70. The van der Waals surface area contributed by atoms with Crippen molar-refractivity contribution >= 4 is 28.3 Å². The van der Waals surface area contributed by atoms with Crippen molar-refractivity contribution in [2.24, 2.45) is 11.8 Å². The fourth-order valence-corrected chi connectivity index (χ4v) is 6.00. The van der Waals surface area contributed by atoms with Gasteiger partial charge in [-0.15, -0.1) is 10.2 Å². The molecule has 3 saturated heterocycles. The third kappa shape index (κ3) is 3.66. The topological polar surface area (TPSA) is 91.3 Å². The van der Waals surface area contributed by atoms with Crippen LogP contribution in [0.1, 0.15) is 31.4 Å². The zero-order valence-electron chi connectivity index (χ0n) is 16.8. The Morgan fingerprint density at radius 2 is 2.17 bits per heavy atom. The van der Waals surface area contributed by atoms with Crippen LogP contribution in [0.2, 0.25) is 0 Å². The minimum absolute atomic E-state index is 0.0336. The fraction of sp³-hybridized carbons (Fsp3) is 0.571. The molecule has 5 heterocycles. The average molecular weight is 427 g/mol. The lowest BCUT2D eigenvalue weighted by atomic mass is 9.72. The molecule has 0 spiro atoms. The second kappa shape index (κ2) is 8.29. The third-order valence-corrected chi connectivity index (χ3v) is 7.39. The first-order valence-electron chi connectivity index (χ1n) is 10.7. The molecule has 0 saturated carbocycles. The van der Waals surface area contributed by atoms with Crippen molar-refractivity contribution in [1.29, 1.82) is 0 Å². The van der Waals surface area contributed by atoms with E-state index in [-0.39, 0.29) is 23.8 Å². The van der Waals surface area contributed by atoms with Crippen molar-refractivity contribution in [1.82, 2.24) is 25.4 Å². The Morgan fingerprint density at radius 1 is 1.27 bits per heavy atom. The number of aromatic nitrogens is 3. The van der Waals surface area contributed by atoms with Crippen LogP contribution in [-0.4, -0.2) is 63.6 Å². The number of anilines is 1. The SMILES string of the molecule is O=C(NCCc1ccccn1)[C@H]1[C@@H]2C[C@@H](CN(c3nncs3)C2)[C@@H]2CCCC(=O)N21. The van der Waals surface area contributed by atoms with Gasteiger partial charge in [-0.25, -0.2) is 0 Å². The predicted molar refractivity (Wildman–Crippen MR) is 113 cm³/mol. The quantitative estimate of drug-likeness (QED) is 0.779. The Balaban J connectivity index is 1.34. The summed E-state index contributed by atoms with van der Waals surface area (Å²) in [5.74, 6) is 0.596. The predicted octanol–water partition coefficient (Wildman–Crippen LogP) is 1.50. The van der Waals surface area contributed by atoms with Gasteiger partial charge in [-0.1, -0.05) is 17.4 Å². The van der Waals surface area contributed by atoms with Gasteiger partial charge in [0.05, 0.1) is 0 Å². The number of carbonyl (C=O) groups is 2. The molecule has 0 aromatic carbocycles. The van der Waals surface area contributed by atoms with Crippen LogP contribution in [-0.2, 0) is 16.0 Å². The van der Waals surface area contributed by atoms with Gasteiger partial charge >= 0.3 is 0 Å². The lowest BCUT2D eigenvalue weighted by Gasteiger charge is -2.55. The van der Waals surface area contributed by atoms with Crippen LogP contribution in [0.25, 0.3) is 0 Å². The second-order valence-electron chi connectivity index (χ2n) is 8.45. The van der Waals surface area contributed by atoms with Gasteiger partial charge in [-0.3, -0.25) is 14.6 Å². The van der Waals surface area contributed by atoms with E-state index in [9.17, 15) is 9.59 Å². The molecule has 4 atom stereocenters. The first-order valence-corrected chi connectivity index (χ1v) is 11.6. The first kappa shape index (κ1) is 19.4. The minimum atomic E-state index is -0.404. The summed E-state index contributed by atoms with van der Waals surface area (Å²) >= 11 is 1.53. The molecule has 2 amide bonds. The maximum atomic E-state index is 13.3. The van der Waals surface area contributed by atoms with E-state index in [1.807, 2.05) is 23.1 Å². The number of pyridine rings is 1. The maximum Gasteiger partial charge on any atom is 0.243 e. The monoisotopic (exact) mass is 426 g/mol. The normalized spacial score (nSPS) is 28.2. The molecule has 0 unspecified atom stereocenters. The number of rotatable bonds is 5. The van der Waals surface area contributed by atoms with Gasteiger partial charge in [0.1, 0.15) is 11.6 Å². The standard InChI is InChI=1S/C21H26N6O2S/c28-18-6-3-5-17-14-10-15(12-26(11-14)21-25-24-13-30-21)19(27(17)18)20(29)23-9-7-16-4-1-2-8-22-16/h1-2,4,8,13-15,17,19H,3,5-7,9-12H2,(H,23,29)/t14-,15+,17-,19+/m0/s1. The molecule has 3 fully saturated rings. The highest BCUT2D eigenvalue weighted by Crippen LogP contribution is 2.42. The summed E-state index contributed by atoms with van der Waals surface area (Å²) in [6.07, 6.45) is 5.87. The number of nitrogens with one attached hydrogen (secondary N) is 1. The van der Waals surface area contributed by atoms with Gasteiger partial charge in [0.2, 0.25) is 16.9 Å². The van der Waals surface area contributed by atoms with E-state index in [0.29, 0.717) is 25.3 Å². The maximum absolute atomic E-state index is 13.3. The van der Waals surface area contributed by atoms with Gasteiger partial charge < -0.3 is 15.1 Å². The number of nitrogens with zero attached hydrogens (tertiary/aromatic N) is 5. The fourth-order valence-electron chi connectivity index (χ4n) is 5.42. The van der Waals surface area contributed by atoms with Crippen LogP contribution in [0.3, 0.4) is 0 Å². The number of fused-ring (bicyclic) bond motifs is 4. The highest BCUT2D eigenvalue weighted by atomic mass is 32.1. The molecule has 0 aliphatic carbocycles. The molecule has 8 nitrogen and oxygen atoms in total. The van der Waals surface area contributed by atoms with Crippen LogP contribution in [0.4, 0.5) is 5.13 Å². The summed E-state index contributed by atoms with van der Waals surface area (Å²) < 4.78 is 0. The lowest BCUT2D eigenvalue weighted by molar-refractivity contribution is -0.156. The van der Waals surface area contributed by atoms with E-state index in [1.54, 1.807) is 11.7 Å². The Labute approximate surface area is 179 Å². The molecule has 158 valence electrons. The van der Waals surface area contributed by atoms with Gasteiger partial charge in [-0.05, 0) is 37.3 Å². The highest BCUT2D eigenvalue weighted by molar-refractivity contribution is 7.13. The van der Waals surface area contributed by atoms with E-state index >= 15 is 0 Å². The molecule has 2 aromatic rings. The van der Waals surface area contributed by atoms with Crippen LogP contribution < -0.4 is 10.2 Å². The molecule has 2 aromatic heterocycles. The van der Waals surface area contributed by atoms with Crippen molar-refractivity contribution in [3.05, 3.63) is 35.6 Å². The molecular weight excluding hydrogens is 400 g/mol. The largest absolute Gasteiger partial charge is 0.354 e. The summed E-state index contributed by atoms with van der Waals surface area (Å²) in [6, 6.07) is 5.54. The third-order valence-electron chi connectivity index (χ3n) is 6.64. The second-order valence-corrected chi connectivity index (χ2v) is 9.26. The number of piperidine rings is 3. The number of carbonyl (C=O) groups excluding carboxylic acids is 2. The number of hydrogen-bond donors (Lipinski definition) is 1. The smallest absolute Gasteiger partial charge is 0.243 e. The van der Waals surface area contributed by atoms with E-state index in [2.05, 4.69) is 25.4 Å². The zero-order chi connectivity index (χ0) is 20.5. The van der Waals surface area contributed by atoms with Crippen LogP contribution in [0.15, 0.2) is 29.9 Å². The summed E-state index contributed by atoms with van der Waals surface area (Å²) in [7, 11) is 0. The van der Waals surface area contributed by atoms with Gasteiger partial charge in [-0.2, -0.15) is 0 Å². The van der Waals surface area contributed by atoms with E-state index in [1.165, 1.54) is 11.3 Å². The Hall–Kier alpha value is -2.55. The molecule has 30 heavy (non-hydrogen) atoms.